The smallest absolute Gasteiger partial charge is 0.257 e. The highest BCUT2D eigenvalue weighted by molar-refractivity contribution is 14.1. The summed E-state index contributed by atoms with van der Waals surface area (Å²) in [7, 11) is 0. The van der Waals surface area contributed by atoms with Gasteiger partial charge in [0, 0.05) is 26.4 Å². The summed E-state index contributed by atoms with van der Waals surface area (Å²) in [5.74, 6) is -0.0738. The predicted octanol–water partition coefficient (Wildman–Crippen LogP) is 4.07. The van der Waals surface area contributed by atoms with Crippen LogP contribution in [0.1, 0.15) is 28.8 Å². The lowest BCUT2D eigenvalue weighted by molar-refractivity contribution is -0.117. The number of anilines is 2. The molecule has 0 radical (unpaired) electrons. The summed E-state index contributed by atoms with van der Waals surface area (Å²) in [5.41, 5.74) is 2.97. The molecule has 3 rings (SSSR count). The molecule has 1 aliphatic carbocycles. The molecular weight excluding hydrogens is 461 g/mol. The van der Waals surface area contributed by atoms with Gasteiger partial charge in [0.2, 0.25) is 5.91 Å². The Kier molecular flexibility index (Phi) is 5.87. The van der Waals surface area contributed by atoms with Crippen LogP contribution in [0.4, 0.5) is 11.4 Å². The van der Waals surface area contributed by atoms with Crippen molar-refractivity contribution in [2.45, 2.75) is 19.8 Å². The minimum atomic E-state index is -0.268. The fourth-order valence-electron chi connectivity index (χ4n) is 2.38. The first-order chi connectivity index (χ1) is 12.4. The van der Waals surface area contributed by atoms with Crippen LogP contribution in [0, 0.1) is 16.4 Å². The average Bonchev–Trinajstić information content (AvgIpc) is 3.43. The van der Waals surface area contributed by atoms with Crippen LogP contribution >= 0.6 is 34.8 Å². The molecule has 0 heterocycles. The first-order valence-corrected chi connectivity index (χ1v) is 9.70. The molecule has 0 aromatic heterocycles. The molecule has 2 amide bonds. The first-order valence-electron chi connectivity index (χ1n) is 8.22. The summed E-state index contributed by atoms with van der Waals surface area (Å²) < 4.78 is 0.976. The molecule has 0 aliphatic heterocycles. The molecule has 1 fully saturated rings. The Hall–Kier alpha value is -2.00. The lowest BCUT2D eigenvalue weighted by atomic mass is 10.1. The fourth-order valence-corrected chi connectivity index (χ4v) is 3.14. The zero-order chi connectivity index (χ0) is 18.7. The zero-order valence-corrected chi connectivity index (χ0v) is 17.1. The first kappa shape index (κ1) is 18.8. The van der Waals surface area contributed by atoms with E-state index in [1.165, 1.54) is 0 Å². The number of amides is 2. The van der Waals surface area contributed by atoms with Gasteiger partial charge in [-0.25, -0.2) is 0 Å². The van der Waals surface area contributed by atoms with E-state index >= 15 is 0 Å². The highest BCUT2D eigenvalue weighted by Crippen LogP contribution is 2.31. The van der Waals surface area contributed by atoms with Crippen LogP contribution in [0.2, 0.25) is 0 Å². The minimum Gasteiger partial charge on any atom is -0.332 e. The van der Waals surface area contributed by atoms with E-state index in [2.05, 4.69) is 38.5 Å². The van der Waals surface area contributed by atoms with Crippen LogP contribution in [0.15, 0.2) is 42.5 Å². The third kappa shape index (κ3) is 5.01. The average molecular weight is 479 g/mol. The van der Waals surface area contributed by atoms with Crippen molar-refractivity contribution >= 4 is 63.1 Å². The third-order valence-corrected chi connectivity index (χ3v) is 4.89. The molecular formula is C19H18IN3O2S. The summed E-state index contributed by atoms with van der Waals surface area (Å²) in [6, 6.07) is 12.8. The van der Waals surface area contributed by atoms with Crippen LogP contribution in [-0.2, 0) is 4.79 Å². The number of halogens is 1. The molecule has 0 saturated heterocycles. The van der Waals surface area contributed by atoms with E-state index in [-0.39, 0.29) is 22.8 Å². The fraction of sp³-hybridized carbons (Fsp3) is 0.211. The summed E-state index contributed by atoms with van der Waals surface area (Å²) in [6.45, 7) is 1.93. The Bertz CT molecular complexity index is 881. The van der Waals surface area contributed by atoms with Crippen molar-refractivity contribution in [1.29, 1.82) is 0 Å². The van der Waals surface area contributed by atoms with E-state index in [0.29, 0.717) is 11.3 Å². The van der Waals surface area contributed by atoms with Gasteiger partial charge in [0.05, 0.1) is 0 Å². The van der Waals surface area contributed by atoms with Gasteiger partial charge < -0.3 is 10.6 Å². The van der Waals surface area contributed by atoms with Crippen molar-refractivity contribution in [3.63, 3.8) is 0 Å². The molecule has 2 aromatic carbocycles. The summed E-state index contributed by atoms with van der Waals surface area (Å²) in [6.07, 6.45) is 1.91. The van der Waals surface area contributed by atoms with Crippen molar-refractivity contribution in [3.05, 3.63) is 57.2 Å². The number of thiocarbonyl (C=S) groups is 1. The van der Waals surface area contributed by atoms with Gasteiger partial charge in [0.25, 0.3) is 5.91 Å². The molecule has 2 aromatic rings. The van der Waals surface area contributed by atoms with Crippen molar-refractivity contribution in [2.24, 2.45) is 5.92 Å². The van der Waals surface area contributed by atoms with Gasteiger partial charge in [-0.3, -0.25) is 14.9 Å². The molecule has 7 heteroatoms. The molecule has 5 nitrogen and oxygen atoms in total. The van der Waals surface area contributed by atoms with Gasteiger partial charge in [-0.2, -0.15) is 0 Å². The Morgan fingerprint density at radius 2 is 1.88 bits per heavy atom. The van der Waals surface area contributed by atoms with Crippen LogP contribution < -0.4 is 16.0 Å². The molecule has 1 saturated carbocycles. The Labute approximate surface area is 171 Å². The second-order valence-corrected chi connectivity index (χ2v) is 7.87. The van der Waals surface area contributed by atoms with Crippen LogP contribution in [0.25, 0.3) is 0 Å². The molecule has 0 bridgehead atoms. The Morgan fingerprint density at radius 3 is 2.58 bits per heavy atom. The second kappa shape index (κ2) is 8.13. The van der Waals surface area contributed by atoms with Gasteiger partial charge >= 0.3 is 0 Å². The van der Waals surface area contributed by atoms with Crippen molar-refractivity contribution in [1.82, 2.24) is 5.32 Å². The Balaban J connectivity index is 1.63. The number of aryl methyl sites for hydroxylation is 1. The van der Waals surface area contributed by atoms with Crippen molar-refractivity contribution < 1.29 is 9.59 Å². The quantitative estimate of drug-likeness (QED) is 0.457. The van der Waals surface area contributed by atoms with Gasteiger partial charge in [0.15, 0.2) is 5.11 Å². The van der Waals surface area contributed by atoms with Crippen molar-refractivity contribution in [2.75, 3.05) is 10.6 Å². The second-order valence-electron chi connectivity index (χ2n) is 6.21. The Morgan fingerprint density at radius 1 is 1.12 bits per heavy atom. The number of carbonyl (C=O) groups excluding carboxylic acids is 2. The molecule has 0 atom stereocenters. The number of benzene rings is 2. The zero-order valence-electron chi connectivity index (χ0n) is 14.1. The normalized spacial score (nSPS) is 13.0. The molecule has 0 unspecified atom stereocenters. The van der Waals surface area contributed by atoms with Gasteiger partial charge in [0.1, 0.15) is 0 Å². The van der Waals surface area contributed by atoms with E-state index in [4.69, 9.17) is 12.2 Å². The third-order valence-electron chi connectivity index (χ3n) is 4.02. The molecule has 134 valence electrons. The van der Waals surface area contributed by atoms with E-state index in [1.807, 2.05) is 37.3 Å². The van der Waals surface area contributed by atoms with Gasteiger partial charge in [-0.1, -0.05) is 12.1 Å². The van der Waals surface area contributed by atoms with Crippen LogP contribution in [0.3, 0.4) is 0 Å². The highest BCUT2D eigenvalue weighted by atomic mass is 127. The topological polar surface area (TPSA) is 70.2 Å². The molecule has 0 spiro atoms. The maximum Gasteiger partial charge on any atom is 0.257 e. The van der Waals surface area contributed by atoms with Crippen molar-refractivity contribution in [3.8, 4) is 0 Å². The number of hydrogen-bond donors (Lipinski definition) is 3. The van der Waals surface area contributed by atoms with Gasteiger partial charge in [-0.15, -0.1) is 0 Å². The van der Waals surface area contributed by atoms with E-state index < -0.39 is 0 Å². The van der Waals surface area contributed by atoms with Crippen LogP contribution in [0.5, 0.6) is 0 Å². The molecule has 3 N–H and O–H groups in total. The van der Waals surface area contributed by atoms with Gasteiger partial charge in [-0.05, 0) is 90.5 Å². The van der Waals surface area contributed by atoms with E-state index in [9.17, 15) is 9.59 Å². The highest BCUT2D eigenvalue weighted by Gasteiger charge is 2.29. The maximum absolute atomic E-state index is 12.2. The largest absolute Gasteiger partial charge is 0.332 e. The lowest BCUT2D eigenvalue weighted by Gasteiger charge is -2.13. The lowest BCUT2D eigenvalue weighted by Crippen LogP contribution is -2.34. The molecule has 26 heavy (non-hydrogen) atoms. The van der Waals surface area contributed by atoms with E-state index in [0.717, 1.165) is 27.7 Å². The van der Waals surface area contributed by atoms with E-state index in [1.54, 1.807) is 12.1 Å². The standard InChI is InChI=1S/C19H18IN3O2S/c1-11-5-8-15(10-16(11)22-17(24)12-6-7-12)21-19(26)23-18(25)13-3-2-4-14(20)9-13/h2-5,8-10,12H,6-7H2,1H3,(H,22,24)(H2,21,23,25,26). The maximum atomic E-state index is 12.2. The van der Waals surface area contributed by atoms with Crippen LogP contribution in [-0.4, -0.2) is 16.9 Å². The summed E-state index contributed by atoms with van der Waals surface area (Å²) in [5, 5.41) is 8.81. The minimum absolute atomic E-state index is 0.0554. The monoisotopic (exact) mass is 479 g/mol. The number of nitrogens with one attached hydrogen (secondary N) is 3. The number of hydrogen-bond acceptors (Lipinski definition) is 3. The summed E-state index contributed by atoms with van der Waals surface area (Å²) >= 11 is 7.38. The SMILES string of the molecule is Cc1ccc(NC(=S)NC(=O)c2cccc(I)c2)cc1NC(=O)C1CC1. The summed E-state index contributed by atoms with van der Waals surface area (Å²) in [4.78, 5) is 24.2. The number of carbonyl (C=O) groups is 2. The molecule has 1 aliphatic rings. The predicted molar refractivity (Wildman–Crippen MR) is 115 cm³/mol. The number of rotatable bonds is 4.